The van der Waals surface area contributed by atoms with Crippen molar-refractivity contribution in [3.05, 3.63) is 53.3 Å². The third-order valence-electron chi connectivity index (χ3n) is 3.07. The molecular weight excluding hydrogens is 270 g/mol. The molecule has 0 saturated carbocycles. The molecule has 1 fully saturated rings. The number of rotatable bonds is 6. The van der Waals surface area contributed by atoms with Crippen molar-refractivity contribution in [1.82, 2.24) is 0 Å². The van der Waals surface area contributed by atoms with Crippen LogP contribution in [0.25, 0.3) is 0 Å². The molecule has 112 valence electrons. The number of hydrogen-bond donors (Lipinski definition) is 0. The van der Waals surface area contributed by atoms with E-state index in [2.05, 4.69) is 0 Å². The van der Waals surface area contributed by atoms with Crippen molar-refractivity contribution in [3.8, 4) is 0 Å². The van der Waals surface area contributed by atoms with Gasteiger partial charge in [-0.25, -0.2) is 9.53 Å². The van der Waals surface area contributed by atoms with Crippen LogP contribution in [0.2, 0.25) is 0 Å². The largest absolute Gasteiger partial charge is 0.623 e. The van der Waals surface area contributed by atoms with Crippen LogP contribution in [0.5, 0.6) is 0 Å². The quantitative estimate of drug-likeness (QED) is 0.201. The van der Waals surface area contributed by atoms with Crippen LogP contribution in [0.1, 0.15) is 18.4 Å². The van der Waals surface area contributed by atoms with E-state index in [1.807, 2.05) is 36.4 Å². The molecular formula is C16H19NO4. The Morgan fingerprint density at radius 2 is 2.24 bits per heavy atom. The van der Waals surface area contributed by atoms with Crippen molar-refractivity contribution in [3.63, 3.8) is 0 Å². The van der Waals surface area contributed by atoms with Crippen LogP contribution in [-0.4, -0.2) is 36.2 Å². The first-order valence-electron chi connectivity index (χ1n) is 7.01. The van der Waals surface area contributed by atoms with E-state index in [9.17, 15) is 10.0 Å². The summed E-state index contributed by atoms with van der Waals surface area (Å²) in [5, 5.41) is 11.6. The Morgan fingerprint density at radius 1 is 1.43 bits per heavy atom. The van der Waals surface area contributed by atoms with Gasteiger partial charge in [-0.2, -0.15) is 0 Å². The molecule has 0 bridgehead atoms. The Kier molecular flexibility index (Phi) is 5.97. The molecule has 1 saturated heterocycles. The van der Waals surface area contributed by atoms with Gasteiger partial charge in [0.05, 0.1) is 6.10 Å². The minimum Gasteiger partial charge on any atom is -0.623 e. The molecule has 2 rings (SSSR count). The fraction of sp³-hybridized carbons (Fsp3) is 0.375. The normalized spacial score (nSPS) is 19.0. The fourth-order valence-corrected chi connectivity index (χ4v) is 2.06. The van der Waals surface area contributed by atoms with Crippen LogP contribution >= 0.6 is 0 Å². The van der Waals surface area contributed by atoms with Crippen LogP contribution < -0.4 is 0 Å². The minimum atomic E-state index is -0.641. The van der Waals surface area contributed by atoms with Gasteiger partial charge in [0, 0.05) is 12.2 Å². The average Bonchev–Trinajstić information content (AvgIpc) is 2.98. The standard InChI is InChI=1S/C16H19NO4/c18-16(21-11-5-9-15-8-4-10-20-15)13-17(19)12-14-6-2-1-3-7-14/h1-3,5-7,9,13,15H,4,8,10-12H2/b9-5-,17-13-. The van der Waals surface area contributed by atoms with Gasteiger partial charge in [0.1, 0.15) is 6.61 Å². The second-order valence-electron chi connectivity index (χ2n) is 4.80. The van der Waals surface area contributed by atoms with Crippen molar-refractivity contribution in [1.29, 1.82) is 0 Å². The zero-order valence-corrected chi connectivity index (χ0v) is 11.8. The Labute approximate surface area is 124 Å². The molecule has 1 aromatic carbocycles. The first-order valence-corrected chi connectivity index (χ1v) is 7.01. The molecule has 5 nitrogen and oxygen atoms in total. The molecule has 1 aromatic rings. The number of carbonyl (C=O) groups is 1. The van der Waals surface area contributed by atoms with E-state index in [1.54, 1.807) is 6.08 Å². The first kappa shape index (κ1) is 15.3. The lowest BCUT2D eigenvalue weighted by atomic mass is 10.2. The summed E-state index contributed by atoms with van der Waals surface area (Å²) < 4.78 is 10.9. The molecule has 1 aliphatic rings. The Bertz CT molecular complexity index is 504. The van der Waals surface area contributed by atoms with Gasteiger partial charge in [-0.05, 0) is 18.9 Å². The number of hydrogen-bond acceptors (Lipinski definition) is 4. The maximum absolute atomic E-state index is 11.6. The van der Waals surface area contributed by atoms with Gasteiger partial charge in [0.2, 0.25) is 0 Å². The van der Waals surface area contributed by atoms with Crippen LogP contribution in [0.4, 0.5) is 0 Å². The zero-order valence-electron chi connectivity index (χ0n) is 11.8. The third kappa shape index (κ3) is 5.79. The minimum absolute atomic E-state index is 0.127. The summed E-state index contributed by atoms with van der Waals surface area (Å²) in [5.74, 6) is -0.641. The number of ether oxygens (including phenoxy) is 2. The Balaban J connectivity index is 1.71. The topological polar surface area (TPSA) is 61.6 Å². The highest BCUT2D eigenvalue weighted by atomic mass is 16.5. The SMILES string of the molecule is O=C(/C=[N+](\[O-])Cc1ccccc1)OC/C=C\C1CCCO1. The number of carbonyl (C=O) groups excluding carboxylic acids is 1. The Hall–Kier alpha value is -2.14. The maximum Gasteiger partial charge on any atom is 0.396 e. The van der Waals surface area contributed by atoms with Gasteiger partial charge in [-0.1, -0.05) is 36.4 Å². The first-order chi connectivity index (χ1) is 10.2. The van der Waals surface area contributed by atoms with Crippen molar-refractivity contribution >= 4 is 12.2 Å². The monoisotopic (exact) mass is 289 g/mol. The fourth-order valence-electron chi connectivity index (χ4n) is 2.06. The highest BCUT2D eigenvalue weighted by molar-refractivity contribution is 6.20. The third-order valence-corrected chi connectivity index (χ3v) is 3.07. The summed E-state index contributed by atoms with van der Waals surface area (Å²) in [7, 11) is 0. The van der Waals surface area contributed by atoms with E-state index >= 15 is 0 Å². The van der Waals surface area contributed by atoms with E-state index in [-0.39, 0.29) is 19.3 Å². The van der Waals surface area contributed by atoms with Crippen LogP contribution in [0.15, 0.2) is 42.5 Å². The summed E-state index contributed by atoms with van der Waals surface area (Å²) in [5.41, 5.74) is 0.842. The van der Waals surface area contributed by atoms with Gasteiger partial charge in [-0.3, -0.25) is 0 Å². The molecule has 0 aliphatic carbocycles. The summed E-state index contributed by atoms with van der Waals surface area (Å²) in [6, 6.07) is 9.22. The van der Waals surface area contributed by atoms with Crippen LogP contribution in [-0.2, 0) is 20.8 Å². The van der Waals surface area contributed by atoms with Gasteiger partial charge >= 0.3 is 5.97 Å². The maximum atomic E-state index is 11.6. The van der Waals surface area contributed by atoms with Gasteiger partial charge in [0.15, 0.2) is 6.54 Å². The van der Waals surface area contributed by atoms with E-state index in [0.29, 0.717) is 4.74 Å². The summed E-state index contributed by atoms with van der Waals surface area (Å²) >= 11 is 0. The van der Waals surface area contributed by atoms with E-state index in [1.165, 1.54) is 0 Å². The van der Waals surface area contributed by atoms with Gasteiger partial charge in [-0.15, -0.1) is 0 Å². The van der Waals surface area contributed by atoms with Crippen molar-refractivity contribution in [2.24, 2.45) is 0 Å². The van der Waals surface area contributed by atoms with Crippen molar-refractivity contribution in [2.75, 3.05) is 13.2 Å². The number of nitrogens with zero attached hydrogens (tertiary/aromatic N) is 1. The molecule has 1 heterocycles. The van der Waals surface area contributed by atoms with Gasteiger partial charge < -0.3 is 14.7 Å². The number of hydroxylamine groups is 1. The molecule has 1 unspecified atom stereocenters. The summed E-state index contributed by atoms with van der Waals surface area (Å²) in [4.78, 5) is 11.5. The summed E-state index contributed by atoms with van der Waals surface area (Å²) in [6.07, 6.45) is 6.75. The lowest BCUT2D eigenvalue weighted by molar-refractivity contribution is -0.469. The van der Waals surface area contributed by atoms with Gasteiger partial charge in [0.25, 0.3) is 6.21 Å². The predicted octanol–water partition coefficient (Wildman–Crippen LogP) is 2.05. The van der Waals surface area contributed by atoms with Crippen molar-refractivity contribution in [2.45, 2.75) is 25.5 Å². The zero-order chi connectivity index (χ0) is 14.9. The average molecular weight is 289 g/mol. The number of benzene rings is 1. The highest BCUT2D eigenvalue weighted by Gasteiger charge is 2.11. The lowest BCUT2D eigenvalue weighted by Gasteiger charge is -2.04. The van der Waals surface area contributed by atoms with Crippen LogP contribution in [0, 0.1) is 5.21 Å². The van der Waals surface area contributed by atoms with E-state index < -0.39 is 5.97 Å². The van der Waals surface area contributed by atoms with E-state index in [0.717, 1.165) is 31.2 Å². The highest BCUT2D eigenvalue weighted by Crippen LogP contribution is 2.12. The molecule has 0 radical (unpaired) electrons. The molecule has 5 heteroatoms. The van der Waals surface area contributed by atoms with Crippen molar-refractivity contribution < 1.29 is 19.0 Å². The Morgan fingerprint density at radius 3 is 2.95 bits per heavy atom. The molecule has 1 atom stereocenters. The molecule has 0 aromatic heterocycles. The number of esters is 1. The second kappa shape index (κ2) is 8.21. The smallest absolute Gasteiger partial charge is 0.396 e. The molecule has 21 heavy (non-hydrogen) atoms. The molecule has 0 N–H and O–H groups in total. The van der Waals surface area contributed by atoms with Crippen LogP contribution in [0.3, 0.4) is 0 Å². The lowest BCUT2D eigenvalue weighted by Crippen LogP contribution is -2.15. The molecule has 1 aliphatic heterocycles. The predicted molar refractivity (Wildman–Crippen MR) is 78.9 cm³/mol. The van der Waals surface area contributed by atoms with E-state index in [4.69, 9.17) is 9.47 Å². The molecule has 0 amide bonds. The second-order valence-corrected chi connectivity index (χ2v) is 4.80. The molecule has 0 spiro atoms. The summed E-state index contributed by atoms with van der Waals surface area (Å²) in [6.45, 7) is 1.06.